The summed E-state index contributed by atoms with van der Waals surface area (Å²) in [5, 5.41) is 0. The highest BCUT2D eigenvalue weighted by Gasteiger charge is 2.28. The summed E-state index contributed by atoms with van der Waals surface area (Å²) in [6, 6.07) is 0. The van der Waals surface area contributed by atoms with Crippen LogP contribution in [-0.2, 0) is 18.8 Å². The van der Waals surface area contributed by atoms with E-state index in [9.17, 15) is 8.42 Å². The molecular weight excluding hydrogens is 357 g/mol. The maximum absolute atomic E-state index is 10.9. The van der Waals surface area contributed by atoms with E-state index in [0.717, 1.165) is 0 Å². The van der Waals surface area contributed by atoms with Gasteiger partial charge in [-0.25, -0.2) is 8.37 Å². The van der Waals surface area contributed by atoms with Gasteiger partial charge in [-0.05, 0) is 0 Å². The predicted octanol–water partition coefficient (Wildman–Crippen LogP) is 3.00. The molecule has 0 amide bonds. The van der Waals surface area contributed by atoms with Crippen LogP contribution in [0.5, 0.6) is 0 Å². The first-order valence-electron chi connectivity index (χ1n) is 3.09. The molecule has 0 aromatic rings. The average molecular weight is 361 g/mol. The number of halogens is 6. The molecular formula is C4H4Cl6O4S. The molecule has 0 radical (unpaired) electrons. The van der Waals surface area contributed by atoms with Crippen LogP contribution in [0.15, 0.2) is 0 Å². The molecule has 0 rings (SSSR count). The van der Waals surface area contributed by atoms with Crippen LogP contribution in [0, 0.1) is 0 Å². The Labute approximate surface area is 117 Å². The van der Waals surface area contributed by atoms with Gasteiger partial charge in [0.05, 0.1) is 0 Å². The van der Waals surface area contributed by atoms with Crippen LogP contribution < -0.4 is 0 Å². The van der Waals surface area contributed by atoms with Crippen LogP contribution in [0.3, 0.4) is 0 Å². The van der Waals surface area contributed by atoms with Gasteiger partial charge in [-0.15, -0.1) is 0 Å². The molecule has 0 saturated heterocycles. The third-order valence-electron chi connectivity index (χ3n) is 0.734. The van der Waals surface area contributed by atoms with Crippen molar-refractivity contribution < 1.29 is 16.8 Å². The van der Waals surface area contributed by atoms with Crippen LogP contribution in [0.4, 0.5) is 0 Å². The Bertz CT molecular complexity index is 265. The highest BCUT2D eigenvalue weighted by atomic mass is 35.6. The monoisotopic (exact) mass is 358 g/mol. The highest BCUT2D eigenvalue weighted by molar-refractivity contribution is 7.81. The molecule has 0 aliphatic heterocycles. The van der Waals surface area contributed by atoms with E-state index in [1.807, 2.05) is 0 Å². The third kappa shape index (κ3) is 11.9. The van der Waals surface area contributed by atoms with E-state index in [1.54, 1.807) is 0 Å². The lowest BCUT2D eigenvalue weighted by Gasteiger charge is -2.13. The summed E-state index contributed by atoms with van der Waals surface area (Å²) >= 11 is 31.4. The van der Waals surface area contributed by atoms with Crippen molar-refractivity contribution in [2.75, 3.05) is 13.2 Å². The van der Waals surface area contributed by atoms with Crippen LogP contribution in [0.25, 0.3) is 0 Å². The lowest BCUT2D eigenvalue weighted by Crippen LogP contribution is -2.23. The number of hydrogen-bond donors (Lipinski definition) is 0. The van der Waals surface area contributed by atoms with Gasteiger partial charge in [0, 0.05) is 0 Å². The van der Waals surface area contributed by atoms with E-state index in [-0.39, 0.29) is 0 Å². The van der Waals surface area contributed by atoms with Crippen molar-refractivity contribution in [1.82, 2.24) is 0 Å². The summed E-state index contributed by atoms with van der Waals surface area (Å²) in [5.41, 5.74) is 0. The van der Waals surface area contributed by atoms with Crippen molar-refractivity contribution in [3.63, 3.8) is 0 Å². The van der Waals surface area contributed by atoms with Gasteiger partial charge in [-0.1, -0.05) is 69.6 Å². The highest BCUT2D eigenvalue weighted by Crippen LogP contribution is 2.28. The first-order chi connectivity index (χ1) is 6.41. The minimum Gasteiger partial charge on any atom is -0.244 e. The predicted molar refractivity (Wildman–Crippen MR) is 61.4 cm³/mol. The molecule has 0 fully saturated rings. The Balaban J connectivity index is 4.11. The number of alkyl halides is 6. The second-order valence-electron chi connectivity index (χ2n) is 2.16. The molecule has 15 heavy (non-hydrogen) atoms. The summed E-state index contributed by atoms with van der Waals surface area (Å²) in [6.45, 7) is -1.42. The summed E-state index contributed by atoms with van der Waals surface area (Å²) < 4.78 is 26.4. The van der Waals surface area contributed by atoms with Crippen molar-refractivity contribution in [1.29, 1.82) is 0 Å². The van der Waals surface area contributed by atoms with E-state index in [1.165, 1.54) is 0 Å². The van der Waals surface area contributed by atoms with Crippen LogP contribution in [0.2, 0.25) is 0 Å². The molecule has 0 aromatic heterocycles. The molecule has 0 N–H and O–H groups in total. The summed E-state index contributed by atoms with van der Waals surface area (Å²) in [5.74, 6) is 0. The molecule has 0 atom stereocenters. The second kappa shape index (κ2) is 5.98. The molecule has 4 nitrogen and oxygen atoms in total. The van der Waals surface area contributed by atoms with E-state index >= 15 is 0 Å². The standard InChI is InChI=1S/C4H4Cl6O4S/c5-3(6,7)1-13-15(11,12)14-2-4(8,9)10/h1-2H2. The summed E-state index contributed by atoms with van der Waals surface area (Å²) in [4.78, 5) is 0. The molecule has 92 valence electrons. The first-order valence-corrected chi connectivity index (χ1v) is 6.69. The smallest absolute Gasteiger partial charge is 0.244 e. The number of rotatable bonds is 4. The fourth-order valence-corrected chi connectivity index (χ4v) is 1.74. The van der Waals surface area contributed by atoms with Gasteiger partial charge in [0.2, 0.25) is 7.59 Å². The molecule has 0 spiro atoms. The topological polar surface area (TPSA) is 52.6 Å². The van der Waals surface area contributed by atoms with Crippen LogP contribution in [0.1, 0.15) is 0 Å². The minimum absolute atomic E-state index is 0.708. The van der Waals surface area contributed by atoms with Gasteiger partial charge in [0.1, 0.15) is 13.2 Å². The van der Waals surface area contributed by atoms with Gasteiger partial charge in [-0.2, -0.15) is 8.42 Å². The normalized spacial score (nSPS) is 14.3. The van der Waals surface area contributed by atoms with Crippen LogP contribution >= 0.6 is 69.6 Å². The molecule has 0 heterocycles. The maximum Gasteiger partial charge on any atom is 0.400 e. The lowest BCUT2D eigenvalue weighted by molar-refractivity contribution is 0.220. The molecule has 0 aliphatic carbocycles. The zero-order valence-electron chi connectivity index (χ0n) is 6.72. The lowest BCUT2D eigenvalue weighted by atomic mass is 10.9. The van der Waals surface area contributed by atoms with Gasteiger partial charge >= 0.3 is 10.4 Å². The van der Waals surface area contributed by atoms with Gasteiger partial charge in [-0.3, -0.25) is 0 Å². The van der Waals surface area contributed by atoms with E-state index in [4.69, 9.17) is 69.6 Å². The number of hydrogen-bond acceptors (Lipinski definition) is 4. The van der Waals surface area contributed by atoms with E-state index in [2.05, 4.69) is 8.37 Å². The minimum atomic E-state index is -4.35. The molecule has 0 aromatic carbocycles. The van der Waals surface area contributed by atoms with E-state index in [0.29, 0.717) is 0 Å². The molecule has 0 bridgehead atoms. The summed E-state index contributed by atoms with van der Waals surface area (Å²) in [6.07, 6.45) is 0. The van der Waals surface area contributed by atoms with E-state index < -0.39 is 31.2 Å². The molecule has 11 heteroatoms. The SMILES string of the molecule is O=S(=O)(OCC(Cl)(Cl)Cl)OCC(Cl)(Cl)Cl. The van der Waals surface area contributed by atoms with Gasteiger partial charge in [0.15, 0.2) is 0 Å². The average Bonchev–Trinajstić information content (AvgIpc) is 1.96. The quantitative estimate of drug-likeness (QED) is 0.723. The van der Waals surface area contributed by atoms with Crippen molar-refractivity contribution in [2.45, 2.75) is 7.59 Å². The second-order valence-corrected chi connectivity index (χ2v) is 8.48. The molecule has 0 aliphatic rings. The fourth-order valence-electron chi connectivity index (χ4n) is 0.312. The fraction of sp³-hybridized carbons (Fsp3) is 1.00. The van der Waals surface area contributed by atoms with Crippen molar-refractivity contribution in [2.24, 2.45) is 0 Å². The Morgan fingerprint density at radius 2 is 1.07 bits per heavy atom. The van der Waals surface area contributed by atoms with Crippen molar-refractivity contribution in [3.8, 4) is 0 Å². The maximum atomic E-state index is 10.9. The Morgan fingerprint density at radius 3 is 1.27 bits per heavy atom. The van der Waals surface area contributed by atoms with Crippen molar-refractivity contribution in [3.05, 3.63) is 0 Å². The zero-order valence-corrected chi connectivity index (χ0v) is 12.1. The third-order valence-corrected chi connectivity index (χ3v) is 2.20. The van der Waals surface area contributed by atoms with Gasteiger partial charge < -0.3 is 0 Å². The Morgan fingerprint density at radius 1 is 0.800 bits per heavy atom. The largest absolute Gasteiger partial charge is 0.400 e. The molecule has 0 unspecified atom stereocenters. The molecule has 0 saturated carbocycles. The zero-order chi connectivity index (χ0) is 12.3. The Kier molecular flexibility index (Phi) is 6.62. The van der Waals surface area contributed by atoms with Crippen LogP contribution in [-0.4, -0.2) is 29.2 Å². The van der Waals surface area contributed by atoms with Crippen molar-refractivity contribution >= 4 is 80.0 Å². The Hall–Kier alpha value is 1.61. The first kappa shape index (κ1) is 16.6. The summed E-state index contributed by atoms with van der Waals surface area (Å²) in [7, 11) is -4.35. The van der Waals surface area contributed by atoms with Gasteiger partial charge in [0.25, 0.3) is 0 Å².